The van der Waals surface area contributed by atoms with E-state index in [9.17, 15) is 29.7 Å². The number of hydrogen-bond donors (Lipinski definition) is 3. The van der Waals surface area contributed by atoms with Crippen LogP contribution in [-0.2, 0) is 23.6 Å². The van der Waals surface area contributed by atoms with Crippen molar-refractivity contribution < 1.29 is 38.9 Å². The van der Waals surface area contributed by atoms with Gasteiger partial charge in [-0.15, -0.1) is 0 Å². The summed E-state index contributed by atoms with van der Waals surface area (Å²) < 4.78 is 17.3. The summed E-state index contributed by atoms with van der Waals surface area (Å²) in [6.07, 6.45) is 22.7. The molecule has 3 N–H and O–H groups in total. The first-order valence-corrected chi connectivity index (χ1v) is 26.4. The number of carbonyl (C=O) groups is 3. The van der Waals surface area contributed by atoms with Crippen molar-refractivity contribution in [2.45, 2.75) is 237 Å². The van der Waals surface area contributed by atoms with Gasteiger partial charge in [0.15, 0.2) is 0 Å². The van der Waals surface area contributed by atoms with Gasteiger partial charge in [0.05, 0.1) is 0 Å². The van der Waals surface area contributed by atoms with Crippen LogP contribution in [0.1, 0.15) is 214 Å². The third-order valence-electron chi connectivity index (χ3n) is 9.41. The van der Waals surface area contributed by atoms with E-state index in [4.69, 9.17) is 9.22 Å². The molecule has 0 aliphatic rings. The van der Waals surface area contributed by atoms with Crippen LogP contribution in [0.25, 0.3) is 0 Å². The Hall–Kier alpha value is -0.911. The van der Waals surface area contributed by atoms with E-state index in [0.717, 1.165) is 57.8 Å². The van der Waals surface area contributed by atoms with Crippen molar-refractivity contribution in [3.8, 4) is 0 Å². The molecule has 0 aromatic heterocycles. The van der Waals surface area contributed by atoms with Crippen molar-refractivity contribution in [1.82, 2.24) is 0 Å². The van der Waals surface area contributed by atoms with Gasteiger partial charge in [-0.3, -0.25) is 0 Å². The molecule has 0 amide bonds. The minimum absolute atomic E-state index is 0.0217. The molecule has 3 unspecified atom stereocenters. The zero-order chi connectivity index (χ0) is 37.3. The van der Waals surface area contributed by atoms with Crippen molar-refractivity contribution in [3.05, 3.63) is 0 Å². The predicted molar refractivity (Wildman–Crippen MR) is 203 cm³/mol. The van der Waals surface area contributed by atoms with Crippen LogP contribution >= 0.6 is 0 Å². The molecule has 0 heterocycles. The first-order chi connectivity index (χ1) is 24.2. The second kappa shape index (κ2) is 33.9. The standard InChI is InChI=1S/3C12H24O3.C4H9.Sn/c3*1-2-3-4-5-6-7-8-9-10-11(13)12(14)15;1-3-4-2;/h3*11,13H,2-10H2,1H3,(H,14,15);1,3-4H2,2H3;/q;;;;+3/p-3. The van der Waals surface area contributed by atoms with Gasteiger partial charge in [0.25, 0.3) is 0 Å². The van der Waals surface area contributed by atoms with Gasteiger partial charge in [-0.1, -0.05) is 20.8 Å². The number of rotatable bonds is 36. The van der Waals surface area contributed by atoms with Crippen molar-refractivity contribution in [2.24, 2.45) is 0 Å². The van der Waals surface area contributed by atoms with Crippen molar-refractivity contribution in [1.29, 1.82) is 0 Å². The maximum absolute atomic E-state index is 13.2. The van der Waals surface area contributed by atoms with E-state index in [1.54, 1.807) is 0 Å². The third kappa shape index (κ3) is 26.8. The van der Waals surface area contributed by atoms with E-state index in [1.807, 2.05) is 6.92 Å². The zero-order valence-electron chi connectivity index (χ0n) is 32.7. The zero-order valence-corrected chi connectivity index (χ0v) is 35.6. The molecule has 0 aromatic carbocycles. The number of hydrogen-bond acceptors (Lipinski definition) is 9. The van der Waals surface area contributed by atoms with Crippen LogP contribution in [0.3, 0.4) is 0 Å². The Labute approximate surface area is 311 Å². The van der Waals surface area contributed by atoms with Gasteiger partial charge in [-0.2, -0.15) is 0 Å². The quantitative estimate of drug-likeness (QED) is 0.0416. The van der Waals surface area contributed by atoms with E-state index < -0.39 is 55.8 Å². The SMILES string of the molecule is CCCCCCCCCCC(O)C(=O)[O][Sn]([CH2]CCC)([O]C(=O)C(O)CCCCCCCCCC)[O]C(=O)C(O)CCCCCCCCCC. The molecule has 3 atom stereocenters. The molecule has 0 bridgehead atoms. The Balaban J connectivity index is 5.42. The molecule has 0 fully saturated rings. The smallest absolute Gasteiger partial charge is 0.0654 e. The topological polar surface area (TPSA) is 140 Å². The van der Waals surface area contributed by atoms with Gasteiger partial charge >= 0.3 is 292 Å². The molecule has 0 aromatic rings. The molecule has 10 heteroatoms. The molecular weight excluding hydrogens is 743 g/mol. The Morgan fingerprint density at radius 1 is 0.380 bits per heavy atom. The second-order valence-corrected chi connectivity index (χ2v) is 21.5. The Bertz CT molecular complexity index is 727. The fourth-order valence-electron chi connectivity index (χ4n) is 6.04. The number of aliphatic hydroxyl groups is 3. The van der Waals surface area contributed by atoms with Crippen LogP contribution in [0, 0.1) is 0 Å². The second-order valence-electron chi connectivity index (χ2n) is 14.4. The summed E-state index contributed by atoms with van der Waals surface area (Å²) in [5, 5.41) is 32.1. The van der Waals surface area contributed by atoms with E-state index >= 15 is 0 Å². The van der Waals surface area contributed by atoms with Crippen molar-refractivity contribution >= 4 is 37.5 Å². The van der Waals surface area contributed by atoms with Crippen LogP contribution < -0.4 is 0 Å². The van der Waals surface area contributed by atoms with Gasteiger partial charge in [0.1, 0.15) is 0 Å². The minimum Gasteiger partial charge on any atom is -0.0654 e. The van der Waals surface area contributed by atoms with Crippen LogP contribution in [0.5, 0.6) is 0 Å². The molecule has 0 radical (unpaired) electrons. The minimum atomic E-state index is -5.44. The summed E-state index contributed by atoms with van der Waals surface area (Å²) in [4.78, 5) is 39.6. The summed E-state index contributed by atoms with van der Waals surface area (Å²) in [5.41, 5.74) is 0. The summed E-state index contributed by atoms with van der Waals surface area (Å²) in [6.45, 7) is 8.46. The van der Waals surface area contributed by atoms with Crippen molar-refractivity contribution in [2.75, 3.05) is 0 Å². The summed E-state index contributed by atoms with van der Waals surface area (Å²) in [6, 6.07) is 0. The van der Waals surface area contributed by atoms with Crippen LogP contribution in [0.4, 0.5) is 0 Å². The van der Waals surface area contributed by atoms with Crippen LogP contribution in [0.2, 0.25) is 4.44 Å². The van der Waals surface area contributed by atoms with E-state index in [0.29, 0.717) is 32.1 Å². The summed E-state index contributed by atoms with van der Waals surface area (Å²) in [7, 11) is 0. The first kappa shape index (κ1) is 49.1. The van der Waals surface area contributed by atoms with E-state index in [1.165, 1.54) is 77.0 Å². The number of aliphatic hydroxyl groups excluding tert-OH is 3. The van der Waals surface area contributed by atoms with Gasteiger partial charge in [0, 0.05) is 0 Å². The first-order valence-electron chi connectivity index (χ1n) is 20.9. The Kier molecular flexibility index (Phi) is 33.3. The van der Waals surface area contributed by atoms with Gasteiger partial charge < -0.3 is 0 Å². The molecule has 0 rings (SSSR count). The molecule has 0 aliphatic carbocycles. The monoisotopic (exact) mass is 822 g/mol. The van der Waals surface area contributed by atoms with E-state index in [2.05, 4.69) is 20.8 Å². The normalized spacial score (nSPS) is 14.5. The number of unbranched alkanes of at least 4 members (excludes halogenated alkanes) is 22. The van der Waals surface area contributed by atoms with Crippen LogP contribution in [-0.4, -0.2) is 71.2 Å². The molecule has 296 valence electrons. The van der Waals surface area contributed by atoms with Gasteiger partial charge in [-0.05, 0) is 0 Å². The molecular formula is C40H78O9Sn. The predicted octanol–water partition coefficient (Wildman–Crippen LogP) is 10.0. The fraction of sp³-hybridized carbons (Fsp3) is 0.925. The summed E-state index contributed by atoms with van der Waals surface area (Å²) >= 11 is -5.44. The van der Waals surface area contributed by atoms with Gasteiger partial charge in [0.2, 0.25) is 0 Å². The third-order valence-corrected chi connectivity index (χ3v) is 16.6. The molecule has 0 saturated heterocycles. The van der Waals surface area contributed by atoms with Crippen LogP contribution in [0.15, 0.2) is 0 Å². The summed E-state index contributed by atoms with van der Waals surface area (Å²) in [5.74, 6) is -2.93. The number of carbonyl (C=O) groups excluding carboxylic acids is 3. The van der Waals surface area contributed by atoms with Gasteiger partial charge in [-0.25, -0.2) is 0 Å². The molecule has 50 heavy (non-hydrogen) atoms. The Morgan fingerprint density at radius 3 is 0.840 bits per heavy atom. The van der Waals surface area contributed by atoms with Crippen molar-refractivity contribution in [3.63, 3.8) is 0 Å². The molecule has 0 aliphatic heterocycles. The average Bonchev–Trinajstić information content (AvgIpc) is 3.10. The Morgan fingerprint density at radius 2 is 0.600 bits per heavy atom. The maximum atomic E-state index is 13.2. The molecule has 0 saturated carbocycles. The average molecular weight is 822 g/mol. The molecule has 9 nitrogen and oxygen atoms in total. The molecule has 0 spiro atoms. The van der Waals surface area contributed by atoms with E-state index in [-0.39, 0.29) is 23.7 Å². The fourth-order valence-corrected chi connectivity index (χ4v) is 13.3.